The molecule has 0 radical (unpaired) electrons. The van der Waals surface area contributed by atoms with E-state index in [0.29, 0.717) is 0 Å². The largest absolute Gasteiger partial charge is 0.844 e. The van der Waals surface area contributed by atoms with Crippen molar-refractivity contribution in [1.29, 1.82) is 0 Å². The molecule has 1 aromatic rings. The second-order valence-electron chi connectivity index (χ2n) is 2.55. The zero-order valence-corrected chi connectivity index (χ0v) is 12.0. The maximum Gasteiger partial charge on any atom is -0.0398 e. The summed E-state index contributed by atoms with van der Waals surface area (Å²) >= 11 is 6.54. The quantitative estimate of drug-likeness (QED) is 0.451. The molecular weight excluding hydrogens is 306 g/mol. The summed E-state index contributed by atoms with van der Waals surface area (Å²) in [5.74, 6) is 0. The van der Waals surface area contributed by atoms with Gasteiger partial charge in [-0.2, -0.15) is 23.6 Å². The third-order valence-corrected chi connectivity index (χ3v) is 0.940. The van der Waals surface area contributed by atoms with Crippen molar-refractivity contribution < 1.29 is 29.4 Å². The summed E-state index contributed by atoms with van der Waals surface area (Å²) in [5, 5.41) is 0. The van der Waals surface area contributed by atoms with Crippen LogP contribution in [-0.4, -0.2) is 0 Å². The molecule has 0 fully saturated rings. The molecule has 100 valence electrons. The van der Waals surface area contributed by atoms with Gasteiger partial charge in [-0.05, 0) is 6.92 Å². The van der Waals surface area contributed by atoms with E-state index in [1.165, 1.54) is 5.56 Å². The molecule has 0 amide bonds. The lowest BCUT2D eigenvalue weighted by atomic mass is 10.2. The van der Waals surface area contributed by atoms with Crippen LogP contribution in [0.3, 0.4) is 0 Å². The molecule has 10 heteroatoms. The molecule has 0 saturated heterocycles. The molecule has 1 aromatic carbocycles. The van der Waals surface area contributed by atoms with Crippen molar-refractivity contribution in [3.63, 3.8) is 0 Å². The van der Waals surface area contributed by atoms with Gasteiger partial charge in [-0.1, -0.05) is 35.9 Å². The van der Waals surface area contributed by atoms with Crippen LogP contribution in [0.1, 0.15) is 5.56 Å². The molecule has 0 aliphatic rings. The number of aryl methyl sites for hydroxylation is 1. The van der Waals surface area contributed by atoms with Gasteiger partial charge in [0.05, 0.1) is 0 Å². The Kier molecular flexibility index (Phi) is 10.7. The summed E-state index contributed by atoms with van der Waals surface area (Å²) in [6, 6.07) is 10.3. The summed E-state index contributed by atoms with van der Waals surface area (Å²) in [5.41, 5.74) is 1.32. The van der Waals surface area contributed by atoms with E-state index in [9.17, 15) is 0 Å². The monoisotopic (exact) mass is 314 g/mol. The van der Waals surface area contributed by atoms with Crippen molar-refractivity contribution >= 4 is 37.1 Å². The number of hydrogen-bond donors (Lipinski definition) is 0. The molecule has 0 bridgehead atoms. The van der Waals surface area contributed by atoms with Gasteiger partial charge in [0.1, 0.15) is 0 Å². The molecule has 0 aromatic heterocycles. The van der Waals surface area contributed by atoms with Gasteiger partial charge >= 0.3 is 0 Å². The van der Waals surface area contributed by atoms with E-state index in [1.807, 2.05) is 18.2 Å². The molecule has 1 rings (SSSR count). The summed E-state index contributed by atoms with van der Waals surface area (Å²) in [7, 11) is 0. The van der Waals surface area contributed by atoms with Crippen molar-refractivity contribution in [2.45, 2.75) is 6.92 Å². The number of rotatable bonds is 0. The summed E-state index contributed by atoms with van der Waals surface area (Å²) < 4.78 is 0. The number of hydrogen-bond acceptors (Lipinski definition) is 8. The normalized spacial score (nSPS) is 10.5. The molecule has 0 saturated carbocycles. The second kappa shape index (κ2) is 9.24. The standard InChI is InChI=1S/C7H8.2H3O3PS/c1-7-5-3-2-4-6-7;2*1-4(2,3)5/h2-6H,1H3;2*(H3,1,2,3,5)/p-6. The highest BCUT2D eigenvalue weighted by Gasteiger charge is 1.72. The highest BCUT2D eigenvalue weighted by atomic mass is 32.5. The summed E-state index contributed by atoms with van der Waals surface area (Å²) in [6.45, 7) is -7.03. The third-order valence-electron chi connectivity index (χ3n) is 0.940. The molecule has 6 nitrogen and oxygen atoms in total. The predicted molar refractivity (Wildman–Crippen MR) is 59.7 cm³/mol. The first-order valence-corrected chi connectivity index (χ1v) is 8.98. The van der Waals surface area contributed by atoms with Crippen LogP contribution < -0.4 is 29.4 Å². The fourth-order valence-corrected chi connectivity index (χ4v) is 0.534. The lowest BCUT2D eigenvalue weighted by Gasteiger charge is -2.43. The molecule has 0 unspecified atom stereocenters. The van der Waals surface area contributed by atoms with Gasteiger partial charge in [0, 0.05) is 0 Å². The van der Waals surface area contributed by atoms with E-state index < -0.39 is 13.4 Å². The lowest BCUT2D eigenvalue weighted by molar-refractivity contribution is -0.413. The van der Waals surface area contributed by atoms with Gasteiger partial charge in [0.15, 0.2) is 0 Å². The fraction of sp³-hybridized carbons (Fsp3) is 0.143. The van der Waals surface area contributed by atoms with E-state index in [2.05, 4.69) is 42.7 Å². The molecule has 0 N–H and O–H groups in total. The molecule has 0 heterocycles. The SMILES string of the molecule is Cc1ccccc1.[O-]P([O-])([O-])=S.[O-]P([O-])([O-])=S. The van der Waals surface area contributed by atoms with Crippen LogP contribution in [0.15, 0.2) is 30.3 Å². The molecule has 0 aliphatic carbocycles. The van der Waals surface area contributed by atoms with E-state index in [1.54, 1.807) is 0 Å². The first-order chi connectivity index (χ1) is 7.39. The minimum atomic E-state index is -4.56. The Morgan fingerprint density at radius 2 is 1.00 bits per heavy atom. The third kappa shape index (κ3) is 48.4. The van der Waals surface area contributed by atoms with E-state index in [4.69, 9.17) is 29.4 Å². The van der Waals surface area contributed by atoms with Crippen molar-refractivity contribution in [3.05, 3.63) is 35.9 Å². The number of benzene rings is 1. The smallest absolute Gasteiger partial charge is 0.0398 e. The maximum atomic E-state index is 8.92. The van der Waals surface area contributed by atoms with Crippen LogP contribution in [0, 0.1) is 6.92 Å². The van der Waals surface area contributed by atoms with E-state index in [-0.39, 0.29) is 0 Å². The Morgan fingerprint density at radius 1 is 0.765 bits per heavy atom. The fourth-order valence-electron chi connectivity index (χ4n) is 0.534. The molecule has 0 atom stereocenters. The van der Waals surface area contributed by atoms with Crippen LogP contribution in [-0.2, 0) is 23.6 Å². The minimum absolute atomic E-state index is 1.32. The second-order valence-corrected chi connectivity index (χ2v) is 7.02. The average Bonchev–Trinajstić information content (AvgIpc) is 1.98. The highest BCUT2D eigenvalue weighted by Crippen LogP contribution is 2.04. The maximum absolute atomic E-state index is 8.92. The van der Waals surface area contributed by atoms with Crippen molar-refractivity contribution in [2.24, 2.45) is 0 Å². The average molecular weight is 314 g/mol. The van der Waals surface area contributed by atoms with Gasteiger partial charge in [0.2, 0.25) is 0 Å². The highest BCUT2D eigenvalue weighted by molar-refractivity contribution is 8.04. The van der Waals surface area contributed by atoms with Crippen LogP contribution in [0.4, 0.5) is 0 Å². The van der Waals surface area contributed by atoms with E-state index in [0.717, 1.165) is 0 Å². The van der Waals surface area contributed by atoms with Crippen molar-refractivity contribution in [2.75, 3.05) is 0 Å². The molecule has 0 spiro atoms. The molecular formula is C7H8O6P2S2-6. The van der Waals surface area contributed by atoms with Crippen LogP contribution in [0.5, 0.6) is 0 Å². The van der Waals surface area contributed by atoms with Gasteiger partial charge in [-0.25, -0.2) is 0 Å². The summed E-state index contributed by atoms with van der Waals surface area (Å²) in [4.78, 5) is 53.5. The summed E-state index contributed by atoms with van der Waals surface area (Å²) in [6.07, 6.45) is 0. The van der Waals surface area contributed by atoms with Gasteiger partial charge in [-0.15, -0.1) is 0 Å². The van der Waals surface area contributed by atoms with Crippen LogP contribution in [0.25, 0.3) is 0 Å². The lowest BCUT2D eigenvalue weighted by Crippen LogP contribution is -2.23. The van der Waals surface area contributed by atoms with E-state index >= 15 is 0 Å². The van der Waals surface area contributed by atoms with Gasteiger partial charge in [0.25, 0.3) is 0 Å². The molecule has 0 aliphatic heterocycles. The Balaban J connectivity index is 0. The van der Waals surface area contributed by atoms with Crippen molar-refractivity contribution in [1.82, 2.24) is 0 Å². The van der Waals surface area contributed by atoms with Crippen molar-refractivity contribution in [3.8, 4) is 0 Å². The first-order valence-electron chi connectivity index (χ1n) is 3.87. The topological polar surface area (TPSA) is 138 Å². The Labute approximate surface area is 109 Å². The Morgan fingerprint density at radius 3 is 1.12 bits per heavy atom. The molecule has 17 heavy (non-hydrogen) atoms. The zero-order chi connectivity index (χ0) is 14.1. The zero-order valence-electron chi connectivity index (χ0n) is 8.55. The van der Waals surface area contributed by atoms with Gasteiger partial charge in [-0.3, -0.25) is 0 Å². The minimum Gasteiger partial charge on any atom is -0.844 e. The van der Waals surface area contributed by atoms with Gasteiger partial charge < -0.3 is 42.8 Å². The van der Waals surface area contributed by atoms with Crippen LogP contribution >= 0.6 is 13.4 Å². The Bertz CT molecular complexity index is 350. The Hall–Kier alpha value is 0.280. The first kappa shape index (κ1) is 19.6. The van der Waals surface area contributed by atoms with Crippen LogP contribution in [0.2, 0.25) is 0 Å². The predicted octanol–water partition coefficient (Wildman–Crippen LogP) is -3.42.